The first kappa shape index (κ1) is 27.2. The number of pyridine rings is 2. The van der Waals surface area contributed by atoms with Crippen LogP contribution in [-0.4, -0.2) is 34.1 Å². The lowest BCUT2D eigenvalue weighted by Crippen LogP contribution is -2.16. The number of para-hydroxylation sites is 1. The summed E-state index contributed by atoms with van der Waals surface area (Å²) < 4.78 is 8.65. The molecule has 9 heteroatoms. The Hall–Kier alpha value is -4.99. The fourth-order valence-corrected chi connectivity index (χ4v) is 6.14. The number of carbonyl (C=O) groups excluding carboxylic acids is 1. The average Bonchev–Trinajstić information content (AvgIpc) is 3.61. The molecule has 2 aromatic carbocycles. The van der Waals surface area contributed by atoms with Crippen LogP contribution < -0.4 is 21.1 Å². The first-order chi connectivity index (χ1) is 20.5. The normalized spacial score (nSPS) is 11.5. The monoisotopic (exact) mass is 574 g/mol. The molecule has 8 nitrogen and oxygen atoms in total. The number of ether oxygens (including phenoxy) is 1. The van der Waals surface area contributed by atoms with Crippen LogP contribution >= 0.6 is 11.3 Å². The van der Waals surface area contributed by atoms with E-state index in [4.69, 9.17) is 10.5 Å². The second kappa shape index (κ2) is 11.9. The van der Waals surface area contributed by atoms with Crippen LogP contribution in [-0.2, 0) is 13.6 Å². The number of nitrogens with two attached hydrogens (primary N) is 1. The molecule has 0 unspecified atom stereocenters. The summed E-state index contributed by atoms with van der Waals surface area (Å²) in [6.45, 7) is 1.46. The number of methoxy groups -OCH3 is 1. The van der Waals surface area contributed by atoms with Gasteiger partial charge in [0.05, 0.1) is 12.8 Å². The number of nitrogens with one attached hydrogen (secondary N) is 2. The minimum absolute atomic E-state index is 0.208. The summed E-state index contributed by atoms with van der Waals surface area (Å²) in [6.07, 6.45) is 9.59. The summed E-state index contributed by atoms with van der Waals surface area (Å²) in [4.78, 5) is 21.9. The van der Waals surface area contributed by atoms with Crippen molar-refractivity contribution in [2.75, 3.05) is 24.7 Å². The van der Waals surface area contributed by atoms with E-state index >= 15 is 0 Å². The van der Waals surface area contributed by atoms with Gasteiger partial charge in [-0.05, 0) is 46.8 Å². The van der Waals surface area contributed by atoms with Gasteiger partial charge in [0.2, 0.25) is 0 Å². The maximum atomic E-state index is 13.2. The number of aromatic nitrogens is 3. The third-order valence-corrected chi connectivity index (χ3v) is 8.24. The molecule has 1 amide bonds. The van der Waals surface area contributed by atoms with E-state index in [1.165, 1.54) is 0 Å². The topological polar surface area (TPSA) is 107 Å². The number of hydrogen-bond acceptors (Lipinski definition) is 7. The quantitative estimate of drug-likeness (QED) is 0.170. The largest absolute Gasteiger partial charge is 0.495 e. The highest BCUT2D eigenvalue weighted by molar-refractivity contribution is 7.18. The number of hydrogen-bond donors (Lipinski definition) is 3. The Kier molecular flexibility index (Phi) is 7.68. The Labute approximate surface area is 247 Å². The van der Waals surface area contributed by atoms with E-state index in [9.17, 15) is 4.79 Å². The van der Waals surface area contributed by atoms with Gasteiger partial charge in [-0.15, -0.1) is 11.3 Å². The standard InChI is InChI=1S/C33H30N6O2S/c1-39-27-10-4-3-8-23(27)15-28(39)33(40)38-26-12-11-22(16-29(26)41-2)25-20-42-31-24(19-37-32(34)30(25)31)9-6-14-36-18-21-7-5-13-35-17-21/h3-13,15-17,19-20,36H,14,18H2,1-2H3,(H2,34,37)(H,38,40). The van der Waals surface area contributed by atoms with Gasteiger partial charge in [0.15, 0.2) is 0 Å². The lowest BCUT2D eigenvalue weighted by atomic mass is 10.0. The third kappa shape index (κ3) is 5.35. The van der Waals surface area contributed by atoms with Gasteiger partial charge in [0.25, 0.3) is 5.91 Å². The lowest BCUT2D eigenvalue weighted by molar-refractivity contribution is 0.101. The zero-order valence-electron chi connectivity index (χ0n) is 23.3. The molecule has 0 bridgehead atoms. The fourth-order valence-electron chi connectivity index (χ4n) is 5.06. The van der Waals surface area contributed by atoms with Crippen molar-refractivity contribution in [1.82, 2.24) is 19.9 Å². The van der Waals surface area contributed by atoms with Crippen LogP contribution in [0.1, 0.15) is 21.6 Å². The number of fused-ring (bicyclic) bond motifs is 2. The summed E-state index contributed by atoms with van der Waals surface area (Å²) in [6, 6.07) is 19.5. The Morgan fingerprint density at radius 1 is 1.12 bits per heavy atom. The van der Waals surface area contributed by atoms with Crippen molar-refractivity contribution in [3.05, 3.63) is 108 Å². The molecule has 210 valence electrons. The van der Waals surface area contributed by atoms with Gasteiger partial charge in [-0.1, -0.05) is 42.5 Å². The van der Waals surface area contributed by atoms with Gasteiger partial charge in [-0.2, -0.15) is 0 Å². The van der Waals surface area contributed by atoms with E-state index in [1.54, 1.807) is 24.6 Å². The fraction of sp³-hybridized carbons (Fsp3) is 0.121. The molecule has 0 saturated heterocycles. The molecule has 0 aliphatic heterocycles. The second-order valence-electron chi connectivity index (χ2n) is 9.86. The van der Waals surface area contributed by atoms with Crippen molar-refractivity contribution >= 4 is 55.8 Å². The van der Waals surface area contributed by atoms with Crippen LogP contribution in [0.25, 0.3) is 38.2 Å². The SMILES string of the molecule is COc1cc(-c2csc3c(C=CCNCc4cccnc4)cnc(N)c23)ccc1NC(=O)c1cc2ccccc2n1C. The predicted molar refractivity (Wildman–Crippen MR) is 172 cm³/mol. The van der Waals surface area contributed by atoms with Gasteiger partial charge in [0.1, 0.15) is 17.3 Å². The molecule has 42 heavy (non-hydrogen) atoms. The highest BCUT2D eigenvalue weighted by Crippen LogP contribution is 2.41. The van der Waals surface area contributed by atoms with E-state index in [0.29, 0.717) is 29.5 Å². The number of anilines is 2. The van der Waals surface area contributed by atoms with E-state index < -0.39 is 0 Å². The number of aryl methyl sites for hydroxylation is 1. The van der Waals surface area contributed by atoms with E-state index in [2.05, 4.69) is 38.1 Å². The summed E-state index contributed by atoms with van der Waals surface area (Å²) in [5, 5.41) is 10.4. The average molecular weight is 575 g/mol. The predicted octanol–water partition coefficient (Wildman–Crippen LogP) is 6.50. The van der Waals surface area contributed by atoms with Gasteiger partial charge in [-0.25, -0.2) is 4.98 Å². The molecular weight excluding hydrogens is 544 g/mol. The van der Waals surface area contributed by atoms with Crippen LogP contribution in [0, 0.1) is 0 Å². The van der Waals surface area contributed by atoms with Crippen molar-refractivity contribution in [3.8, 4) is 16.9 Å². The second-order valence-corrected chi connectivity index (χ2v) is 10.7. The van der Waals surface area contributed by atoms with Gasteiger partial charge in [-0.3, -0.25) is 9.78 Å². The molecule has 0 spiro atoms. The summed E-state index contributed by atoms with van der Waals surface area (Å²) in [5.74, 6) is 0.821. The molecule has 4 heterocycles. The Morgan fingerprint density at radius 2 is 2.00 bits per heavy atom. The van der Waals surface area contributed by atoms with Crippen LogP contribution in [0.2, 0.25) is 0 Å². The van der Waals surface area contributed by atoms with Crippen LogP contribution in [0.5, 0.6) is 5.75 Å². The van der Waals surface area contributed by atoms with Crippen LogP contribution in [0.15, 0.2) is 90.7 Å². The first-order valence-corrected chi connectivity index (χ1v) is 14.4. The molecule has 6 rings (SSSR count). The number of carbonyl (C=O) groups is 1. The summed E-state index contributed by atoms with van der Waals surface area (Å²) in [7, 11) is 3.48. The van der Waals surface area contributed by atoms with Crippen molar-refractivity contribution in [1.29, 1.82) is 0 Å². The number of thiophene rings is 1. The van der Waals surface area contributed by atoms with Gasteiger partial charge >= 0.3 is 0 Å². The highest BCUT2D eigenvalue weighted by atomic mass is 32.1. The first-order valence-electron chi connectivity index (χ1n) is 13.5. The number of nitrogens with zero attached hydrogens (tertiary/aromatic N) is 3. The van der Waals surface area contributed by atoms with E-state index in [0.717, 1.165) is 49.8 Å². The zero-order chi connectivity index (χ0) is 29.1. The lowest BCUT2D eigenvalue weighted by Gasteiger charge is -2.13. The van der Waals surface area contributed by atoms with Gasteiger partial charge < -0.3 is 25.7 Å². The van der Waals surface area contributed by atoms with E-state index in [-0.39, 0.29) is 5.91 Å². The summed E-state index contributed by atoms with van der Waals surface area (Å²) >= 11 is 1.63. The molecular formula is C33H30N6O2S. The Balaban J connectivity index is 1.23. The van der Waals surface area contributed by atoms with E-state index in [1.807, 2.05) is 84.7 Å². The number of benzene rings is 2. The number of amides is 1. The molecule has 4 aromatic heterocycles. The van der Waals surface area contributed by atoms with Crippen LogP contribution in [0.4, 0.5) is 11.5 Å². The maximum Gasteiger partial charge on any atom is 0.272 e. The van der Waals surface area contributed by atoms with Crippen molar-refractivity contribution in [2.45, 2.75) is 6.54 Å². The molecule has 0 aliphatic carbocycles. The molecule has 0 fully saturated rings. The third-order valence-electron chi connectivity index (χ3n) is 7.21. The molecule has 0 saturated carbocycles. The number of nitrogen functional groups attached to an aromatic ring is 1. The Bertz CT molecular complexity index is 1930. The highest BCUT2D eigenvalue weighted by Gasteiger charge is 2.18. The minimum atomic E-state index is -0.208. The molecule has 6 aromatic rings. The zero-order valence-corrected chi connectivity index (χ0v) is 24.1. The molecule has 0 aliphatic rings. The minimum Gasteiger partial charge on any atom is -0.495 e. The number of rotatable bonds is 9. The van der Waals surface area contributed by atoms with Gasteiger partial charge in [0, 0.05) is 70.8 Å². The smallest absolute Gasteiger partial charge is 0.272 e. The maximum absolute atomic E-state index is 13.2. The van der Waals surface area contributed by atoms with Crippen molar-refractivity contribution in [2.24, 2.45) is 7.05 Å². The summed E-state index contributed by atoms with van der Waals surface area (Å²) in [5.41, 5.74) is 12.6. The van der Waals surface area contributed by atoms with Crippen LogP contribution in [0.3, 0.4) is 0 Å². The van der Waals surface area contributed by atoms with Crippen molar-refractivity contribution < 1.29 is 9.53 Å². The molecule has 0 radical (unpaired) electrons. The Morgan fingerprint density at radius 3 is 2.81 bits per heavy atom. The molecule has 4 N–H and O–H groups in total. The molecule has 0 atom stereocenters. The van der Waals surface area contributed by atoms with Crippen molar-refractivity contribution in [3.63, 3.8) is 0 Å².